The highest BCUT2D eigenvalue weighted by Crippen LogP contribution is 2.24. The molecule has 0 saturated heterocycles. The van der Waals surface area contributed by atoms with E-state index in [0.29, 0.717) is 4.45 Å². The molecule has 0 radical (unpaired) electrons. The molecular weight excluding hydrogens is 224 g/mol. The summed E-state index contributed by atoms with van der Waals surface area (Å²) in [5.74, 6) is 0. The Morgan fingerprint density at radius 2 is 1.73 bits per heavy atom. The molecule has 0 aromatic rings. The molecule has 0 rings (SSSR count). The van der Waals surface area contributed by atoms with Crippen LogP contribution in [0, 0.1) is 0 Å². The lowest BCUT2D eigenvalue weighted by molar-refractivity contribution is 0.241. The van der Waals surface area contributed by atoms with Crippen LogP contribution in [-0.4, -0.2) is 27.2 Å². The molecule has 0 aliphatic heterocycles. The van der Waals surface area contributed by atoms with E-state index in [2.05, 4.69) is 29.8 Å². The molecule has 0 amide bonds. The fourth-order valence-corrected chi connectivity index (χ4v) is 5.57. The average molecular weight is 241 g/mol. The Hall–Kier alpha value is 0.617. The third-order valence-corrected chi connectivity index (χ3v) is 8.49. The maximum atomic E-state index is 5.46. The lowest BCUT2D eigenvalue weighted by Gasteiger charge is -2.30. The third-order valence-electron chi connectivity index (χ3n) is 2.02. The summed E-state index contributed by atoms with van der Waals surface area (Å²) in [6.07, 6.45) is 1.06. The predicted molar refractivity (Wildman–Crippen MR) is 53.3 cm³/mol. The maximum absolute atomic E-state index is 5.46. The van der Waals surface area contributed by atoms with E-state index in [1.165, 1.54) is 0 Å². The van der Waals surface area contributed by atoms with Crippen molar-refractivity contribution in [3.05, 3.63) is 0 Å². The van der Waals surface area contributed by atoms with Gasteiger partial charge in [-0.3, -0.25) is 0 Å². The zero-order chi connectivity index (χ0) is 8.91. The molecule has 0 saturated carbocycles. The summed E-state index contributed by atoms with van der Waals surface area (Å²) in [4.78, 5) is 0. The highest BCUT2D eigenvalue weighted by atomic mass is 79.9. The SMILES string of the molecule is CCC(Br)[Si](CC)(OC)OC. The minimum absolute atomic E-state index is 0.398. The van der Waals surface area contributed by atoms with Crippen LogP contribution in [0.2, 0.25) is 6.04 Å². The smallest absolute Gasteiger partial charge is 0.351 e. The highest BCUT2D eigenvalue weighted by molar-refractivity contribution is 9.10. The molecule has 2 nitrogen and oxygen atoms in total. The molecule has 1 atom stereocenters. The van der Waals surface area contributed by atoms with Crippen LogP contribution >= 0.6 is 15.9 Å². The van der Waals surface area contributed by atoms with E-state index in [9.17, 15) is 0 Å². The second-order valence-corrected chi connectivity index (χ2v) is 8.24. The van der Waals surface area contributed by atoms with Crippen LogP contribution in [0.4, 0.5) is 0 Å². The van der Waals surface area contributed by atoms with Crippen molar-refractivity contribution in [1.82, 2.24) is 0 Å². The summed E-state index contributed by atoms with van der Waals surface area (Å²) in [5.41, 5.74) is 0. The van der Waals surface area contributed by atoms with Gasteiger partial charge in [-0.1, -0.05) is 29.8 Å². The predicted octanol–water partition coefficient (Wildman–Crippen LogP) is 2.45. The number of halogens is 1. The Bertz CT molecular complexity index is 98.3. The van der Waals surface area contributed by atoms with Crippen LogP contribution < -0.4 is 0 Å². The molecule has 4 heteroatoms. The quantitative estimate of drug-likeness (QED) is 0.543. The first-order valence-corrected chi connectivity index (χ1v) is 6.92. The lowest BCUT2D eigenvalue weighted by Crippen LogP contribution is -2.48. The first-order chi connectivity index (χ1) is 5.16. The molecule has 0 aromatic carbocycles. The van der Waals surface area contributed by atoms with Crippen molar-refractivity contribution < 1.29 is 8.85 Å². The fourth-order valence-electron chi connectivity index (χ4n) is 1.16. The lowest BCUT2D eigenvalue weighted by atomic mass is 10.6. The van der Waals surface area contributed by atoms with Crippen LogP contribution in [0.3, 0.4) is 0 Å². The van der Waals surface area contributed by atoms with Crippen molar-refractivity contribution in [3.63, 3.8) is 0 Å². The van der Waals surface area contributed by atoms with Crippen LogP contribution in [0.5, 0.6) is 0 Å². The van der Waals surface area contributed by atoms with Gasteiger partial charge in [-0.05, 0) is 12.5 Å². The Morgan fingerprint density at radius 1 is 1.27 bits per heavy atom. The van der Waals surface area contributed by atoms with Gasteiger partial charge in [0.2, 0.25) is 0 Å². The van der Waals surface area contributed by atoms with Crippen molar-refractivity contribution in [3.8, 4) is 0 Å². The van der Waals surface area contributed by atoms with Crippen molar-refractivity contribution in [2.24, 2.45) is 0 Å². The molecule has 0 fully saturated rings. The molecule has 0 aliphatic rings. The summed E-state index contributed by atoms with van der Waals surface area (Å²) < 4.78 is 11.3. The zero-order valence-electron chi connectivity index (χ0n) is 7.69. The van der Waals surface area contributed by atoms with Gasteiger partial charge in [0.1, 0.15) is 0 Å². The number of hydrogen-bond acceptors (Lipinski definition) is 2. The molecule has 0 N–H and O–H groups in total. The van der Waals surface area contributed by atoms with Gasteiger partial charge in [-0.25, -0.2) is 0 Å². The fraction of sp³-hybridized carbons (Fsp3) is 1.00. The maximum Gasteiger partial charge on any atom is 0.351 e. The largest absolute Gasteiger partial charge is 0.397 e. The molecule has 0 bridgehead atoms. The van der Waals surface area contributed by atoms with E-state index < -0.39 is 8.56 Å². The Balaban J connectivity index is 4.26. The molecule has 11 heavy (non-hydrogen) atoms. The monoisotopic (exact) mass is 240 g/mol. The second-order valence-electron chi connectivity index (χ2n) is 2.45. The molecule has 0 spiro atoms. The Labute approximate surface area is 78.7 Å². The summed E-state index contributed by atoms with van der Waals surface area (Å²) >= 11 is 3.59. The first kappa shape index (κ1) is 11.6. The van der Waals surface area contributed by atoms with Crippen LogP contribution in [0.1, 0.15) is 20.3 Å². The van der Waals surface area contributed by atoms with Crippen LogP contribution in [-0.2, 0) is 8.85 Å². The topological polar surface area (TPSA) is 18.5 Å². The summed E-state index contributed by atoms with van der Waals surface area (Å²) in [6, 6.07) is 0.990. The van der Waals surface area contributed by atoms with Gasteiger partial charge in [0.15, 0.2) is 0 Å². The van der Waals surface area contributed by atoms with Gasteiger partial charge in [-0.15, -0.1) is 0 Å². The van der Waals surface area contributed by atoms with Crippen LogP contribution in [0.25, 0.3) is 0 Å². The second kappa shape index (κ2) is 5.30. The van der Waals surface area contributed by atoms with Gasteiger partial charge in [0.05, 0.1) is 4.45 Å². The summed E-state index contributed by atoms with van der Waals surface area (Å²) in [7, 11) is 1.57. The average Bonchev–Trinajstić information content (AvgIpc) is 2.08. The van der Waals surface area contributed by atoms with Gasteiger partial charge in [-0.2, -0.15) is 0 Å². The van der Waals surface area contributed by atoms with Gasteiger partial charge in [0, 0.05) is 14.2 Å². The highest BCUT2D eigenvalue weighted by Gasteiger charge is 2.40. The van der Waals surface area contributed by atoms with Crippen molar-refractivity contribution in [2.45, 2.75) is 30.8 Å². The van der Waals surface area contributed by atoms with Crippen molar-refractivity contribution >= 4 is 24.5 Å². The minimum Gasteiger partial charge on any atom is -0.397 e. The van der Waals surface area contributed by atoms with E-state index in [1.807, 2.05) is 0 Å². The Morgan fingerprint density at radius 3 is 1.82 bits per heavy atom. The normalized spacial score (nSPS) is 15.0. The zero-order valence-corrected chi connectivity index (χ0v) is 10.3. The standard InChI is InChI=1S/C7H17BrO2Si/c1-5-7(8)11(6-2,9-3)10-4/h7H,5-6H2,1-4H3. The number of hydrogen-bond donors (Lipinski definition) is 0. The molecule has 0 aromatic heterocycles. The van der Waals surface area contributed by atoms with E-state index in [1.54, 1.807) is 14.2 Å². The summed E-state index contributed by atoms with van der Waals surface area (Å²) in [6.45, 7) is 4.25. The van der Waals surface area contributed by atoms with Crippen molar-refractivity contribution in [2.75, 3.05) is 14.2 Å². The molecule has 0 aliphatic carbocycles. The molecular formula is C7H17BrO2Si. The van der Waals surface area contributed by atoms with Gasteiger partial charge in [0.25, 0.3) is 0 Å². The molecule has 1 unspecified atom stereocenters. The number of alkyl halides is 1. The number of rotatable bonds is 5. The van der Waals surface area contributed by atoms with Crippen molar-refractivity contribution in [1.29, 1.82) is 0 Å². The molecule has 68 valence electrons. The summed E-state index contributed by atoms with van der Waals surface area (Å²) in [5, 5.41) is 0. The van der Waals surface area contributed by atoms with Gasteiger partial charge >= 0.3 is 8.56 Å². The molecule has 0 heterocycles. The van der Waals surface area contributed by atoms with E-state index in [4.69, 9.17) is 8.85 Å². The van der Waals surface area contributed by atoms with Gasteiger partial charge < -0.3 is 8.85 Å². The third kappa shape index (κ3) is 2.54. The minimum atomic E-state index is -1.90. The first-order valence-electron chi connectivity index (χ1n) is 3.91. The van der Waals surface area contributed by atoms with E-state index >= 15 is 0 Å². The Kier molecular flexibility index (Phi) is 5.59. The van der Waals surface area contributed by atoms with E-state index in [0.717, 1.165) is 12.5 Å². The van der Waals surface area contributed by atoms with Crippen LogP contribution in [0.15, 0.2) is 0 Å². The van der Waals surface area contributed by atoms with E-state index in [-0.39, 0.29) is 0 Å².